The summed E-state index contributed by atoms with van der Waals surface area (Å²) in [5, 5.41) is 9.57. The molecule has 0 atom stereocenters. The zero-order valence-electron chi connectivity index (χ0n) is 9.08. The summed E-state index contributed by atoms with van der Waals surface area (Å²) in [6.45, 7) is 1.54. The minimum atomic E-state index is -0.472. The van der Waals surface area contributed by atoms with Gasteiger partial charge in [-0.15, -0.1) is 0 Å². The molecule has 0 aliphatic heterocycles. The van der Waals surface area contributed by atoms with Crippen LogP contribution in [0.3, 0.4) is 0 Å². The summed E-state index contributed by atoms with van der Waals surface area (Å²) < 4.78 is 31.2. The maximum atomic E-state index is 13.3. The number of aromatic hydroxyl groups is 1. The van der Waals surface area contributed by atoms with E-state index >= 15 is 0 Å². The van der Waals surface area contributed by atoms with Crippen LogP contribution in [0.2, 0.25) is 0 Å². The summed E-state index contributed by atoms with van der Waals surface area (Å²) >= 11 is 0. The molecule has 2 rings (SSSR count). The molecule has 2 aromatic carbocycles. The van der Waals surface area contributed by atoms with E-state index in [4.69, 9.17) is 4.74 Å². The first-order valence-electron chi connectivity index (χ1n) is 4.99. The second kappa shape index (κ2) is 4.41. The van der Waals surface area contributed by atoms with Gasteiger partial charge in [-0.3, -0.25) is 0 Å². The third-order valence-electron chi connectivity index (χ3n) is 2.28. The number of phenolic OH excluding ortho intramolecular Hbond substituents is 1. The van der Waals surface area contributed by atoms with Crippen molar-refractivity contribution in [2.45, 2.75) is 6.92 Å². The topological polar surface area (TPSA) is 29.5 Å². The maximum absolute atomic E-state index is 13.3. The Hall–Kier alpha value is -2.10. The molecular formula is C13H10F2O2. The Balaban J connectivity index is 2.30. The molecule has 0 saturated carbocycles. The highest BCUT2D eigenvalue weighted by atomic mass is 19.1. The van der Waals surface area contributed by atoms with Crippen molar-refractivity contribution in [3.63, 3.8) is 0 Å². The molecule has 0 aliphatic carbocycles. The average molecular weight is 236 g/mol. The molecule has 0 fully saturated rings. The van der Waals surface area contributed by atoms with E-state index in [1.54, 1.807) is 0 Å². The van der Waals surface area contributed by atoms with Gasteiger partial charge in [0.1, 0.15) is 17.4 Å². The van der Waals surface area contributed by atoms with Crippen molar-refractivity contribution in [2.75, 3.05) is 0 Å². The summed E-state index contributed by atoms with van der Waals surface area (Å²) in [7, 11) is 0. The zero-order valence-corrected chi connectivity index (χ0v) is 9.08. The highest BCUT2D eigenvalue weighted by Crippen LogP contribution is 2.32. The van der Waals surface area contributed by atoms with Crippen molar-refractivity contribution in [2.24, 2.45) is 0 Å². The normalized spacial score (nSPS) is 10.3. The fraction of sp³-hybridized carbons (Fsp3) is 0.0769. The van der Waals surface area contributed by atoms with Crippen LogP contribution in [0.15, 0.2) is 36.4 Å². The van der Waals surface area contributed by atoms with Crippen molar-refractivity contribution in [3.8, 4) is 17.2 Å². The second-order valence-corrected chi connectivity index (χ2v) is 3.63. The lowest BCUT2D eigenvalue weighted by atomic mass is 10.2. The molecule has 2 nitrogen and oxygen atoms in total. The summed E-state index contributed by atoms with van der Waals surface area (Å²) in [5.41, 5.74) is 0.328. The van der Waals surface area contributed by atoms with E-state index in [-0.39, 0.29) is 11.5 Å². The fourth-order valence-electron chi connectivity index (χ4n) is 1.36. The van der Waals surface area contributed by atoms with Crippen LogP contribution in [0.5, 0.6) is 17.2 Å². The van der Waals surface area contributed by atoms with E-state index < -0.39 is 11.6 Å². The third-order valence-corrected chi connectivity index (χ3v) is 2.28. The minimum absolute atomic E-state index is 0.000270. The number of hydrogen-bond acceptors (Lipinski definition) is 2. The lowest BCUT2D eigenvalue weighted by Gasteiger charge is -2.08. The largest absolute Gasteiger partial charge is 0.504 e. The SMILES string of the molecule is Cc1cc(O)c(Oc2ccc(F)cc2)cc1F. The van der Waals surface area contributed by atoms with Crippen LogP contribution >= 0.6 is 0 Å². The molecule has 0 amide bonds. The van der Waals surface area contributed by atoms with E-state index in [1.165, 1.54) is 37.3 Å². The Morgan fingerprint density at radius 2 is 1.71 bits per heavy atom. The molecule has 2 aromatic rings. The maximum Gasteiger partial charge on any atom is 0.171 e. The Kier molecular flexibility index (Phi) is 2.95. The predicted molar refractivity (Wildman–Crippen MR) is 59.3 cm³/mol. The van der Waals surface area contributed by atoms with Crippen LogP contribution in [0.1, 0.15) is 5.56 Å². The van der Waals surface area contributed by atoms with Gasteiger partial charge in [-0.05, 0) is 42.8 Å². The van der Waals surface area contributed by atoms with E-state index in [2.05, 4.69) is 0 Å². The Labute approximate surface area is 97.1 Å². The lowest BCUT2D eigenvalue weighted by Crippen LogP contribution is -1.89. The van der Waals surface area contributed by atoms with Gasteiger partial charge in [0.15, 0.2) is 11.5 Å². The molecule has 17 heavy (non-hydrogen) atoms. The third kappa shape index (κ3) is 2.53. The highest BCUT2D eigenvalue weighted by molar-refractivity contribution is 5.44. The van der Waals surface area contributed by atoms with Gasteiger partial charge in [0, 0.05) is 6.07 Å². The fourth-order valence-corrected chi connectivity index (χ4v) is 1.36. The van der Waals surface area contributed by atoms with E-state index in [0.717, 1.165) is 6.07 Å². The molecule has 1 N–H and O–H groups in total. The molecular weight excluding hydrogens is 226 g/mol. The number of hydrogen-bond donors (Lipinski definition) is 1. The first-order valence-corrected chi connectivity index (χ1v) is 4.99. The zero-order chi connectivity index (χ0) is 12.4. The van der Waals surface area contributed by atoms with Crippen molar-refractivity contribution >= 4 is 0 Å². The Morgan fingerprint density at radius 1 is 1.06 bits per heavy atom. The van der Waals surface area contributed by atoms with E-state index in [9.17, 15) is 13.9 Å². The van der Waals surface area contributed by atoms with Gasteiger partial charge in [-0.25, -0.2) is 8.78 Å². The lowest BCUT2D eigenvalue weighted by molar-refractivity contribution is 0.406. The second-order valence-electron chi connectivity index (χ2n) is 3.63. The molecule has 0 aliphatic rings. The van der Waals surface area contributed by atoms with E-state index in [0.29, 0.717) is 11.3 Å². The molecule has 0 radical (unpaired) electrons. The highest BCUT2D eigenvalue weighted by Gasteiger charge is 2.08. The van der Waals surface area contributed by atoms with Gasteiger partial charge in [0.25, 0.3) is 0 Å². The monoisotopic (exact) mass is 236 g/mol. The number of ether oxygens (including phenoxy) is 1. The van der Waals surface area contributed by atoms with Crippen LogP contribution in [0.4, 0.5) is 8.78 Å². The molecule has 0 aromatic heterocycles. The number of benzene rings is 2. The number of rotatable bonds is 2. The van der Waals surface area contributed by atoms with Crippen LogP contribution in [0.25, 0.3) is 0 Å². The predicted octanol–water partition coefficient (Wildman–Crippen LogP) is 3.77. The van der Waals surface area contributed by atoms with Crippen molar-refractivity contribution in [1.82, 2.24) is 0 Å². The molecule has 0 heterocycles. The summed E-state index contributed by atoms with van der Waals surface area (Å²) in [6, 6.07) is 7.59. The standard InChI is InChI=1S/C13H10F2O2/c1-8-6-12(16)13(7-11(8)15)17-10-4-2-9(14)3-5-10/h2-7,16H,1H3. The first-order chi connectivity index (χ1) is 8.06. The van der Waals surface area contributed by atoms with Gasteiger partial charge in [0.05, 0.1) is 0 Å². The Bertz CT molecular complexity index is 536. The van der Waals surface area contributed by atoms with Gasteiger partial charge >= 0.3 is 0 Å². The van der Waals surface area contributed by atoms with Crippen molar-refractivity contribution < 1.29 is 18.6 Å². The van der Waals surface area contributed by atoms with Crippen LogP contribution in [0, 0.1) is 18.6 Å². The van der Waals surface area contributed by atoms with Crippen molar-refractivity contribution in [1.29, 1.82) is 0 Å². The van der Waals surface area contributed by atoms with Crippen LogP contribution in [-0.4, -0.2) is 5.11 Å². The van der Waals surface area contributed by atoms with Gasteiger partial charge in [0.2, 0.25) is 0 Å². The smallest absolute Gasteiger partial charge is 0.171 e. The molecule has 4 heteroatoms. The average Bonchev–Trinajstić information content (AvgIpc) is 2.29. The minimum Gasteiger partial charge on any atom is -0.504 e. The number of phenols is 1. The van der Waals surface area contributed by atoms with Crippen molar-refractivity contribution in [3.05, 3.63) is 53.6 Å². The van der Waals surface area contributed by atoms with Gasteiger partial charge < -0.3 is 9.84 Å². The molecule has 0 unspecified atom stereocenters. The Morgan fingerprint density at radius 3 is 2.35 bits per heavy atom. The molecule has 0 spiro atoms. The van der Waals surface area contributed by atoms with Crippen LogP contribution < -0.4 is 4.74 Å². The van der Waals surface area contributed by atoms with Gasteiger partial charge in [-0.1, -0.05) is 0 Å². The number of aryl methyl sites for hydroxylation is 1. The number of halogens is 2. The molecule has 0 bridgehead atoms. The molecule has 0 saturated heterocycles. The summed E-state index contributed by atoms with van der Waals surface area (Å²) in [6.07, 6.45) is 0. The van der Waals surface area contributed by atoms with Gasteiger partial charge in [-0.2, -0.15) is 0 Å². The first kappa shape index (κ1) is 11.4. The van der Waals surface area contributed by atoms with Crippen LogP contribution in [-0.2, 0) is 0 Å². The van der Waals surface area contributed by atoms with E-state index in [1.807, 2.05) is 0 Å². The quantitative estimate of drug-likeness (QED) is 0.859. The summed E-state index contributed by atoms with van der Waals surface area (Å²) in [4.78, 5) is 0. The summed E-state index contributed by atoms with van der Waals surface area (Å²) in [5.74, 6) is -0.700. The molecule has 88 valence electrons.